The van der Waals surface area contributed by atoms with Crippen molar-refractivity contribution >= 4 is 17.4 Å². The largest absolute Gasteiger partial charge is 0.389 e. The van der Waals surface area contributed by atoms with Gasteiger partial charge in [-0.2, -0.15) is 0 Å². The number of pyridine rings is 1. The number of carbonyl (C=O) groups excluding carboxylic acids is 1. The van der Waals surface area contributed by atoms with E-state index in [2.05, 4.69) is 20.3 Å². The van der Waals surface area contributed by atoms with Crippen LogP contribution in [-0.4, -0.2) is 56.2 Å². The maximum absolute atomic E-state index is 12.8. The van der Waals surface area contributed by atoms with Gasteiger partial charge in [-0.25, -0.2) is 4.98 Å². The first-order chi connectivity index (χ1) is 14.1. The van der Waals surface area contributed by atoms with Crippen LogP contribution < -0.4 is 5.32 Å². The maximum atomic E-state index is 12.8. The van der Waals surface area contributed by atoms with E-state index in [0.29, 0.717) is 38.4 Å². The minimum absolute atomic E-state index is 0.00337. The molecular weight excluding hydrogens is 370 g/mol. The molecule has 0 aromatic carbocycles. The van der Waals surface area contributed by atoms with Gasteiger partial charge in [0, 0.05) is 18.9 Å². The molecule has 0 radical (unpaired) electrons. The zero-order valence-electron chi connectivity index (χ0n) is 16.5. The van der Waals surface area contributed by atoms with Crippen molar-refractivity contribution in [1.29, 1.82) is 0 Å². The average Bonchev–Trinajstić information content (AvgIpc) is 2.75. The van der Waals surface area contributed by atoms with E-state index in [1.54, 1.807) is 29.7 Å². The van der Waals surface area contributed by atoms with E-state index in [1.165, 1.54) is 0 Å². The molecule has 1 unspecified atom stereocenters. The summed E-state index contributed by atoms with van der Waals surface area (Å²) in [4.78, 5) is 27.3. The molecular formula is C21H27N5O3. The number of hydrogen-bond donors (Lipinski definition) is 2. The number of nitrogens with one attached hydrogen (secondary N) is 1. The summed E-state index contributed by atoms with van der Waals surface area (Å²) in [5.41, 5.74) is 0.746. The smallest absolute Gasteiger partial charge is 0.225 e. The van der Waals surface area contributed by atoms with Gasteiger partial charge in [-0.3, -0.25) is 14.8 Å². The predicted octanol–water partition coefficient (Wildman–Crippen LogP) is 2.60. The van der Waals surface area contributed by atoms with Gasteiger partial charge in [-0.05, 0) is 25.0 Å². The summed E-state index contributed by atoms with van der Waals surface area (Å²) in [5.74, 6) is 0.650. The van der Waals surface area contributed by atoms with E-state index in [4.69, 9.17) is 4.74 Å². The standard InChI is InChI=1S/C21H27N5O3/c27-20(12-21(28)6-2-1-3-7-21)26-10-11-29-18(15-26)17-5-4-16(13-24-17)25-19-14-22-8-9-23-19/h4-5,8-9,13-14,18,28H,1-3,6-7,10-12,15H2,(H,23,25). The van der Waals surface area contributed by atoms with Crippen LogP contribution in [-0.2, 0) is 9.53 Å². The molecule has 0 bridgehead atoms. The van der Waals surface area contributed by atoms with Gasteiger partial charge in [0.2, 0.25) is 5.91 Å². The first kappa shape index (κ1) is 19.7. The second kappa shape index (κ2) is 8.84. The lowest BCUT2D eigenvalue weighted by atomic mass is 9.82. The highest BCUT2D eigenvalue weighted by molar-refractivity contribution is 5.77. The average molecular weight is 397 g/mol. The SMILES string of the molecule is O=C(CC1(O)CCCCC1)N1CCOC(c2ccc(Nc3cnccn3)cn2)C1. The van der Waals surface area contributed by atoms with E-state index >= 15 is 0 Å². The van der Waals surface area contributed by atoms with Crippen LogP contribution in [0, 0.1) is 0 Å². The van der Waals surface area contributed by atoms with Crippen molar-refractivity contribution in [3.8, 4) is 0 Å². The molecule has 1 aliphatic carbocycles. The van der Waals surface area contributed by atoms with E-state index < -0.39 is 5.60 Å². The van der Waals surface area contributed by atoms with Gasteiger partial charge in [-0.15, -0.1) is 0 Å². The molecule has 1 aliphatic heterocycles. The zero-order chi connectivity index (χ0) is 20.1. The number of nitrogens with zero attached hydrogens (tertiary/aromatic N) is 4. The Labute approximate surface area is 170 Å². The highest BCUT2D eigenvalue weighted by atomic mass is 16.5. The maximum Gasteiger partial charge on any atom is 0.225 e. The Kier molecular flexibility index (Phi) is 6.01. The van der Waals surface area contributed by atoms with Gasteiger partial charge in [0.1, 0.15) is 11.9 Å². The molecule has 8 nitrogen and oxygen atoms in total. The van der Waals surface area contributed by atoms with Crippen LogP contribution in [0.5, 0.6) is 0 Å². The van der Waals surface area contributed by atoms with E-state index in [0.717, 1.165) is 30.6 Å². The monoisotopic (exact) mass is 397 g/mol. The number of anilines is 2. The zero-order valence-corrected chi connectivity index (χ0v) is 16.5. The molecule has 1 saturated carbocycles. The van der Waals surface area contributed by atoms with Crippen LogP contribution in [0.1, 0.15) is 50.3 Å². The van der Waals surface area contributed by atoms with Crippen LogP contribution in [0.4, 0.5) is 11.5 Å². The number of ether oxygens (including phenoxy) is 1. The third-order valence-corrected chi connectivity index (χ3v) is 5.64. The van der Waals surface area contributed by atoms with Gasteiger partial charge in [-0.1, -0.05) is 19.3 Å². The second-order valence-corrected chi connectivity index (χ2v) is 7.85. The number of rotatable bonds is 5. The molecule has 2 fully saturated rings. The summed E-state index contributed by atoms with van der Waals surface area (Å²) in [6.45, 7) is 1.48. The van der Waals surface area contributed by atoms with Gasteiger partial charge < -0.3 is 20.1 Å². The quantitative estimate of drug-likeness (QED) is 0.800. The second-order valence-electron chi connectivity index (χ2n) is 7.85. The van der Waals surface area contributed by atoms with Crippen molar-refractivity contribution in [2.75, 3.05) is 25.0 Å². The summed E-state index contributed by atoms with van der Waals surface area (Å²) < 4.78 is 5.86. The summed E-state index contributed by atoms with van der Waals surface area (Å²) in [7, 11) is 0. The molecule has 3 heterocycles. The molecule has 2 aromatic rings. The lowest BCUT2D eigenvalue weighted by molar-refractivity contribution is -0.145. The number of carbonyl (C=O) groups is 1. The minimum atomic E-state index is -0.838. The Morgan fingerprint density at radius 3 is 2.79 bits per heavy atom. The third-order valence-electron chi connectivity index (χ3n) is 5.64. The molecule has 1 atom stereocenters. The molecule has 2 N–H and O–H groups in total. The van der Waals surface area contributed by atoms with Gasteiger partial charge in [0.15, 0.2) is 0 Å². The van der Waals surface area contributed by atoms with E-state index in [9.17, 15) is 9.90 Å². The Balaban J connectivity index is 1.36. The first-order valence-corrected chi connectivity index (χ1v) is 10.2. The fourth-order valence-electron chi connectivity index (χ4n) is 4.02. The third kappa shape index (κ3) is 5.07. The number of aliphatic hydroxyl groups is 1. The van der Waals surface area contributed by atoms with Crippen molar-refractivity contribution in [3.05, 3.63) is 42.6 Å². The summed E-state index contributed by atoms with van der Waals surface area (Å²) in [6, 6.07) is 3.80. The van der Waals surface area contributed by atoms with Gasteiger partial charge in [0.25, 0.3) is 0 Å². The molecule has 0 spiro atoms. The van der Waals surface area contributed by atoms with E-state index in [-0.39, 0.29) is 18.4 Å². The minimum Gasteiger partial charge on any atom is -0.389 e. The van der Waals surface area contributed by atoms with Crippen molar-refractivity contribution < 1.29 is 14.6 Å². The van der Waals surface area contributed by atoms with E-state index in [1.807, 2.05) is 12.1 Å². The topological polar surface area (TPSA) is 100 Å². The van der Waals surface area contributed by atoms with Crippen molar-refractivity contribution in [2.24, 2.45) is 0 Å². The molecule has 8 heteroatoms. The van der Waals surface area contributed by atoms with Crippen molar-refractivity contribution in [1.82, 2.24) is 19.9 Å². The number of hydrogen-bond acceptors (Lipinski definition) is 7. The molecule has 2 aromatic heterocycles. The number of morpholine rings is 1. The van der Waals surface area contributed by atoms with Crippen molar-refractivity contribution in [2.45, 2.75) is 50.2 Å². The van der Waals surface area contributed by atoms with Crippen LogP contribution >= 0.6 is 0 Å². The van der Waals surface area contributed by atoms with Crippen molar-refractivity contribution in [3.63, 3.8) is 0 Å². The lowest BCUT2D eigenvalue weighted by Crippen LogP contribution is -2.46. The van der Waals surface area contributed by atoms with Crippen LogP contribution in [0.3, 0.4) is 0 Å². The van der Waals surface area contributed by atoms with Gasteiger partial charge in [0.05, 0.1) is 48.9 Å². The lowest BCUT2D eigenvalue weighted by Gasteiger charge is -2.37. The normalized spacial score (nSPS) is 21.6. The Bertz CT molecular complexity index is 809. The molecule has 4 rings (SSSR count). The fraction of sp³-hybridized carbons (Fsp3) is 0.524. The highest BCUT2D eigenvalue weighted by Gasteiger charge is 2.35. The molecule has 1 amide bonds. The van der Waals surface area contributed by atoms with Gasteiger partial charge >= 0.3 is 0 Å². The molecule has 29 heavy (non-hydrogen) atoms. The molecule has 2 aliphatic rings. The van der Waals surface area contributed by atoms with Crippen LogP contribution in [0.25, 0.3) is 0 Å². The first-order valence-electron chi connectivity index (χ1n) is 10.2. The summed E-state index contributed by atoms with van der Waals surface area (Å²) in [6.07, 6.45) is 11.1. The summed E-state index contributed by atoms with van der Waals surface area (Å²) >= 11 is 0. The highest BCUT2D eigenvalue weighted by Crippen LogP contribution is 2.32. The fourth-order valence-corrected chi connectivity index (χ4v) is 4.02. The Hall–Kier alpha value is -2.58. The van der Waals surface area contributed by atoms with Crippen LogP contribution in [0.2, 0.25) is 0 Å². The Morgan fingerprint density at radius 1 is 1.21 bits per heavy atom. The number of aromatic nitrogens is 3. The van der Waals surface area contributed by atoms with Crippen LogP contribution in [0.15, 0.2) is 36.9 Å². The summed E-state index contributed by atoms with van der Waals surface area (Å²) in [5, 5.41) is 13.8. The number of amides is 1. The Morgan fingerprint density at radius 2 is 2.07 bits per heavy atom. The predicted molar refractivity (Wildman–Crippen MR) is 107 cm³/mol. The molecule has 1 saturated heterocycles. The molecule has 154 valence electrons.